The maximum atomic E-state index is 11.9. The molecule has 0 radical (unpaired) electrons. The van der Waals surface area contributed by atoms with Crippen LogP contribution in [0.25, 0.3) is 6.08 Å². The van der Waals surface area contributed by atoms with Crippen molar-refractivity contribution in [2.75, 3.05) is 27.9 Å². The lowest BCUT2D eigenvalue weighted by atomic mass is 10.1. The van der Waals surface area contributed by atoms with Gasteiger partial charge in [-0.2, -0.15) is 0 Å². The molecule has 144 valence electrons. The first-order valence-electron chi connectivity index (χ1n) is 8.23. The van der Waals surface area contributed by atoms with Crippen molar-refractivity contribution in [3.8, 4) is 17.2 Å². The van der Waals surface area contributed by atoms with Crippen molar-refractivity contribution < 1.29 is 19.0 Å². The monoisotopic (exact) mass is 381 g/mol. The predicted molar refractivity (Wildman–Crippen MR) is 106 cm³/mol. The minimum Gasteiger partial charge on any atom is -0.496 e. The highest BCUT2D eigenvalue weighted by molar-refractivity contribution is 7.80. The first-order valence-corrected chi connectivity index (χ1v) is 8.64. The van der Waals surface area contributed by atoms with Gasteiger partial charge in [0.2, 0.25) is 0 Å². The van der Waals surface area contributed by atoms with E-state index in [2.05, 4.69) is 30.0 Å². The zero-order chi connectivity index (χ0) is 19.5. The topological polar surface area (TPSA) is 80.9 Å². The van der Waals surface area contributed by atoms with E-state index in [0.29, 0.717) is 33.8 Å². The highest BCUT2D eigenvalue weighted by Gasteiger charge is 2.10. The van der Waals surface area contributed by atoms with Gasteiger partial charge < -0.3 is 19.5 Å². The molecule has 0 bridgehead atoms. The Labute approximate surface area is 160 Å². The Hall–Kier alpha value is -2.48. The van der Waals surface area contributed by atoms with Gasteiger partial charge in [-0.25, -0.2) is 0 Å². The van der Waals surface area contributed by atoms with Crippen LogP contribution in [0.2, 0.25) is 0 Å². The van der Waals surface area contributed by atoms with Crippen LogP contribution in [-0.4, -0.2) is 38.9 Å². The standard InChI is InChI=1S/C18H27N3O4S/c1-12(2)8-9-19-18(26)21-20-17(22)7-6-13-10-15(24-4)16(25-5)11-14(13)23-3/h6-7,10-12H,8-9H2,1-5H3,(H,20,22)(H2,19,21,26)/b7-6+. The van der Waals surface area contributed by atoms with Crippen molar-refractivity contribution in [2.45, 2.75) is 20.3 Å². The Morgan fingerprint density at radius 2 is 1.69 bits per heavy atom. The number of rotatable bonds is 8. The summed E-state index contributed by atoms with van der Waals surface area (Å²) in [4.78, 5) is 11.9. The van der Waals surface area contributed by atoms with Crippen LogP contribution >= 0.6 is 12.2 Å². The minimum atomic E-state index is -0.352. The van der Waals surface area contributed by atoms with Gasteiger partial charge in [0.15, 0.2) is 16.6 Å². The lowest BCUT2D eigenvalue weighted by Gasteiger charge is -2.12. The summed E-state index contributed by atoms with van der Waals surface area (Å²) in [6, 6.07) is 3.43. The second kappa shape index (κ2) is 11.2. The molecule has 26 heavy (non-hydrogen) atoms. The van der Waals surface area contributed by atoms with Crippen molar-refractivity contribution in [1.82, 2.24) is 16.2 Å². The van der Waals surface area contributed by atoms with Crippen LogP contribution in [0.1, 0.15) is 25.8 Å². The molecule has 0 unspecified atom stereocenters. The number of carbonyl (C=O) groups excluding carboxylic acids is 1. The van der Waals surface area contributed by atoms with E-state index in [4.69, 9.17) is 26.4 Å². The van der Waals surface area contributed by atoms with Gasteiger partial charge in [-0.15, -0.1) is 0 Å². The van der Waals surface area contributed by atoms with Gasteiger partial charge in [0.1, 0.15) is 5.75 Å². The number of benzene rings is 1. The van der Waals surface area contributed by atoms with Gasteiger partial charge in [0, 0.05) is 24.3 Å². The molecule has 0 fully saturated rings. The number of ether oxygens (including phenoxy) is 3. The van der Waals surface area contributed by atoms with Gasteiger partial charge in [0.05, 0.1) is 21.3 Å². The van der Waals surface area contributed by atoms with Gasteiger partial charge in [-0.3, -0.25) is 15.6 Å². The third kappa shape index (κ3) is 7.18. The summed E-state index contributed by atoms with van der Waals surface area (Å²) in [7, 11) is 4.63. The maximum Gasteiger partial charge on any atom is 0.262 e. The van der Waals surface area contributed by atoms with Crippen LogP contribution in [0.15, 0.2) is 18.2 Å². The molecule has 0 aliphatic carbocycles. The molecular weight excluding hydrogens is 354 g/mol. The second-order valence-corrected chi connectivity index (χ2v) is 6.24. The van der Waals surface area contributed by atoms with Crippen LogP contribution in [-0.2, 0) is 4.79 Å². The Balaban J connectivity index is 2.63. The molecule has 7 nitrogen and oxygen atoms in total. The number of hydrazine groups is 1. The lowest BCUT2D eigenvalue weighted by Crippen LogP contribution is -2.46. The molecule has 0 aromatic heterocycles. The number of hydrogen-bond donors (Lipinski definition) is 3. The quantitative estimate of drug-likeness (QED) is 0.362. The summed E-state index contributed by atoms with van der Waals surface area (Å²) in [6.45, 7) is 5.01. The van der Waals surface area contributed by atoms with E-state index in [9.17, 15) is 4.79 Å². The third-order valence-electron chi connectivity index (χ3n) is 3.46. The molecule has 0 spiro atoms. The molecule has 1 amide bonds. The van der Waals surface area contributed by atoms with E-state index in [1.165, 1.54) is 6.08 Å². The smallest absolute Gasteiger partial charge is 0.262 e. The van der Waals surface area contributed by atoms with Gasteiger partial charge in [-0.1, -0.05) is 13.8 Å². The van der Waals surface area contributed by atoms with E-state index in [1.807, 2.05) is 0 Å². The molecule has 0 heterocycles. The van der Waals surface area contributed by atoms with Crippen molar-refractivity contribution in [1.29, 1.82) is 0 Å². The highest BCUT2D eigenvalue weighted by Crippen LogP contribution is 2.35. The van der Waals surface area contributed by atoms with Crippen LogP contribution in [0.5, 0.6) is 17.2 Å². The number of carbonyl (C=O) groups is 1. The van der Waals surface area contributed by atoms with Crippen LogP contribution in [0.4, 0.5) is 0 Å². The van der Waals surface area contributed by atoms with Crippen molar-refractivity contribution in [3.63, 3.8) is 0 Å². The largest absolute Gasteiger partial charge is 0.496 e. The van der Waals surface area contributed by atoms with Crippen LogP contribution in [0.3, 0.4) is 0 Å². The Morgan fingerprint density at radius 3 is 2.27 bits per heavy atom. The fraction of sp³-hybridized carbons (Fsp3) is 0.444. The summed E-state index contributed by atoms with van der Waals surface area (Å²) >= 11 is 5.09. The van der Waals surface area contributed by atoms with E-state index in [1.54, 1.807) is 39.5 Å². The molecule has 8 heteroatoms. The van der Waals surface area contributed by atoms with Gasteiger partial charge >= 0.3 is 0 Å². The minimum absolute atomic E-state index is 0.352. The summed E-state index contributed by atoms with van der Waals surface area (Å²) in [6.07, 6.45) is 3.98. The zero-order valence-corrected chi connectivity index (χ0v) is 16.7. The molecule has 1 aromatic carbocycles. The van der Waals surface area contributed by atoms with E-state index in [0.717, 1.165) is 13.0 Å². The van der Waals surface area contributed by atoms with E-state index in [-0.39, 0.29) is 5.91 Å². The number of thiocarbonyl (C=S) groups is 1. The van der Waals surface area contributed by atoms with Crippen LogP contribution in [0, 0.1) is 5.92 Å². The molecule has 0 aliphatic rings. The number of methoxy groups -OCH3 is 3. The number of nitrogens with one attached hydrogen (secondary N) is 3. The van der Waals surface area contributed by atoms with Crippen molar-refractivity contribution in [3.05, 3.63) is 23.8 Å². The third-order valence-corrected chi connectivity index (χ3v) is 3.70. The fourth-order valence-corrected chi connectivity index (χ4v) is 2.18. The number of amides is 1. The molecule has 0 atom stereocenters. The van der Waals surface area contributed by atoms with E-state index >= 15 is 0 Å². The maximum absolute atomic E-state index is 11.9. The number of hydrogen-bond acceptors (Lipinski definition) is 5. The van der Waals surface area contributed by atoms with Crippen molar-refractivity contribution >= 4 is 29.3 Å². The van der Waals surface area contributed by atoms with Gasteiger partial charge in [-0.05, 0) is 36.7 Å². The molecule has 0 saturated heterocycles. The Kier molecular flexibility index (Phi) is 9.29. The van der Waals surface area contributed by atoms with Crippen LogP contribution < -0.4 is 30.4 Å². The molecular formula is C18H27N3O4S. The molecule has 0 saturated carbocycles. The molecule has 0 aliphatic heterocycles. The normalized spacial score (nSPS) is 10.5. The second-order valence-electron chi connectivity index (χ2n) is 5.84. The molecule has 1 aromatic rings. The first-order chi connectivity index (χ1) is 12.4. The fourth-order valence-electron chi connectivity index (χ4n) is 2.03. The average Bonchev–Trinajstić information content (AvgIpc) is 2.63. The van der Waals surface area contributed by atoms with Crippen molar-refractivity contribution in [2.24, 2.45) is 5.92 Å². The summed E-state index contributed by atoms with van der Waals surface area (Å²) < 4.78 is 15.8. The Bertz CT molecular complexity index is 648. The molecule has 1 rings (SSSR count). The summed E-state index contributed by atoms with van der Waals surface area (Å²) in [5.41, 5.74) is 5.84. The highest BCUT2D eigenvalue weighted by atomic mass is 32.1. The SMILES string of the molecule is COc1cc(OC)c(OC)cc1/C=C/C(=O)NNC(=S)NCCC(C)C. The Morgan fingerprint density at radius 1 is 1.08 bits per heavy atom. The average molecular weight is 381 g/mol. The summed E-state index contributed by atoms with van der Waals surface area (Å²) in [5, 5.41) is 3.39. The summed E-state index contributed by atoms with van der Waals surface area (Å²) in [5.74, 6) is 1.88. The molecule has 3 N–H and O–H groups in total. The van der Waals surface area contributed by atoms with Gasteiger partial charge in [0.25, 0.3) is 5.91 Å². The predicted octanol–water partition coefficient (Wildman–Crippen LogP) is 2.27. The zero-order valence-electron chi connectivity index (χ0n) is 15.8. The van der Waals surface area contributed by atoms with E-state index < -0.39 is 0 Å². The lowest BCUT2D eigenvalue weighted by molar-refractivity contribution is -0.116. The first kappa shape index (κ1) is 21.6.